The molecule has 0 spiro atoms. The third-order valence-corrected chi connectivity index (χ3v) is 4.42. The molecular formula is C17H22N4O. The highest BCUT2D eigenvalue weighted by Gasteiger charge is 2.22. The number of hydrogen-bond acceptors (Lipinski definition) is 3. The van der Waals surface area contributed by atoms with Crippen LogP contribution >= 0.6 is 0 Å². The first-order valence-electron chi connectivity index (χ1n) is 7.67. The van der Waals surface area contributed by atoms with Crippen molar-refractivity contribution < 1.29 is 4.79 Å². The molecule has 1 aromatic carbocycles. The average molecular weight is 298 g/mol. The summed E-state index contributed by atoms with van der Waals surface area (Å²) in [6.07, 6.45) is 1.04. The number of aryl methyl sites for hydroxylation is 2. The molecule has 2 aromatic rings. The Morgan fingerprint density at radius 2 is 2.18 bits per heavy atom. The second kappa shape index (κ2) is 5.93. The van der Waals surface area contributed by atoms with Gasteiger partial charge in [-0.15, -0.1) is 0 Å². The van der Waals surface area contributed by atoms with Crippen LogP contribution in [-0.2, 0) is 13.5 Å². The molecule has 3 rings (SSSR count). The summed E-state index contributed by atoms with van der Waals surface area (Å²) in [6.45, 7) is 5.32. The minimum absolute atomic E-state index is 0.0482. The van der Waals surface area contributed by atoms with Gasteiger partial charge in [-0.3, -0.25) is 9.48 Å². The van der Waals surface area contributed by atoms with Gasteiger partial charge in [0.1, 0.15) is 0 Å². The van der Waals surface area contributed by atoms with Crippen molar-refractivity contribution in [3.8, 4) is 0 Å². The Bertz CT molecular complexity index is 705. The number of benzene rings is 1. The van der Waals surface area contributed by atoms with Gasteiger partial charge in [-0.05, 0) is 37.9 Å². The van der Waals surface area contributed by atoms with E-state index in [0.717, 1.165) is 24.4 Å². The topological polar surface area (TPSA) is 59.0 Å². The molecule has 1 aliphatic heterocycles. The van der Waals surface area contributed by atoms with Crippen molar-refractivity contribution in [3.05, 3.63) is 52.3 Å². The second-order valence-corrected chi connectivity index (χ2v) is 5.83. The Labute approximate surface area is 130 Å². The lowest BCUT2D eigenvalue weighted by Gasteiger charge is -2.27. The summed E-state index contributed by atoms with van der Waals surface area (Å²) in [5, 5.41) is 10.8. The molecule has 1 amide bonds. The van der Waals surface area contributed by atoms with Crippen molar-refractivity contribution in [1.82, 2.24) is 20.4 Å². The van der Waals surface area contributed by atoms with Crippen LogP contribution in [-0.4, -0.2) is 28.8 Å². The van der Waals surface area contributed by atoms with Gasteiger partial charge >= 0.3 is 0 Å². The standard InChI is InChI=1S/C17H22N4O/c1-11-16(12(2)21(3)20-11)17(22)19-10-15-14-7-5-4-6-13(14)8-9-18-15/h4-7,15,18H,8-10H2,1-3H3,(H,19,22). The molecule has 1 unspecified atom stereocenters. The highest BCUT2D eigenvalue weighted by molar-refractivity contribution is 5.96. The van der Waals surface area contributed by atoms with E-state index in [1.807, 2.05) is 20.9 Å². The van der Waals surface area contributed by atoms with Crippen LogP contribution < -0.4 is 10.6 Å². The summed E-state index contributed by atoms with van der Waals surface area (Å²) in [5.74, 6) is -0.0482. The molecule has 0 bridgehead atoms. The van der Waals surface area contributed by atoms with Crippen LogP contribution in [0.1, 0.15) is 38.9 Å². The van der Waals surface area contributed by atoms with Gasteiger partial charge in [0.05, 0.1) is 11.3 Å². The first kappa shape index (κ1) is 14.8. The van der Waals surface area contributed by atoms with Crippen molar-refractivity contribution in [2.45, 2.75) is 26.3 Å². The molecule has 2 N–H and O–H groups in total. The fourth-order valence-electron chi connectivity index (χ4n) is 3.16. The van der Waals surface area contributed by atoms with E-state index in [1.54, 1.807) is 4.68 Å². The maximum atomic E-state index is 12.5. The van der Waals surface area contributed by atoms with Crippen LogP contribution in [0.15, 0.2) is 24.3 Å². The molecular weight excluding hydrogens is 276 g/mol. The van der Waals surface area contributed by atoms with Crippen molar-refractivity contribution in [2.24, 2.45) is 7.05 Å². The first-order valence-corrected chi connectivity index (χ1v) is 7.67. The number of carbonyl (C=O) groups excluding carboxylic acids is 1. The molecule has 0 saturated carbocycles. The van der Waals surface area contributed by atoms with E-state index in [-0.39, 0.29) is 11.9 Å². The Kier molecular flexibility index (Phi) is 3.98. The average Bonchev–Trinajstić information content (AvgIpc) is 2.77. The van der Waals surface area contributed by atoms with E-state index in [0.29, 0.717) is 12.1 Å². The molecule has 0 saturated heterocycles. The van der Waals surface area contributed by atoms with E-state index in [4.69, 9.17) is 0 Å². The molecule has 1 atom stereocenters. The highest BCUT2D eigenvalue weighted by atomic mass is 16.1. The van der Waals surface area contributed by atoms with E-state index < -0.39 is 0 Å². The summed E-state index contributed by atoms with van der Waals surface area (Å²) in [7, 11) is 1.86. The summed E-state index contributed by atoms with van der Waals surface area (Å²) >= 11 is 0. The van der Waals surface area contributed by atoms with Crippen LogP contribution in [0.4, 0.5) is 0 Å². The summed E-state index contributed by atoms with van der Waals surface area (Å²) in [5.41, 5.74) is 5.01. The number of aromatic nitrogens is 2. The predicted molar refractivity (Wildman–Crippen MR) is 85.9 cm³/mol. The Morgan fingerprint density at radius 3 is 2.91 bits per heavy atom. The zero-order valence-corrected chi connectivity index (χ0v) is 13.3. The van der Waals surface area contributed by atoms with Crippen molar-refractivity contribution in [2.75, 3.05) is 13.1 Å². The number of nitrogens with zero attached hydrogens (tertiary/aromatic N) is 2. The van der Waals surface area contributed by atoms with Crippen LogP contribution in [0.2, 0.25) is 0 Å². The second-order valence-electron chi connectivity index (χ2n) is 5.83. The number of carbonyl (C=O) groups is 1. The van der Waals surface area contributed by atoms with E-state index in [9.17, 15) is 4.79 Å². The van der Waals surface area contributed by atoms with Gasteiger partial charge in [0, 0.05) is 25.3 Å². The van der Waals surface area contributed by atoms with Crippen LogP contribution in [0.5, 0.6) is 0 Å². The quantitative estimate of drug-likeness (QED) is 0.906. The molecule has 0 radical (unpaired) electrons. The third kappa shape index (κ3) is 2.64. The van der Waals surface area contributed by atoms with Gasteiger partial charge in [0.15, 0.2) is 0 Å². The largest absolute Gasteiger partial charge is 0.350 e. The number of fused-ring (bicyclic) bond motifs is 1. The number of amides is 1. The third-order valence-electron chi connectivity index (χ3n) is 4.42. The smallest absolute Gasteiger partial charge is 0.255 e. The van der Waals surface area contributed by atoms with Gasteiger partial charge in [0.2, 0.25) is 0 Å². The van der Waals surface area contributed by atoms with Crippen molar-refractivity contribution in [3.63, 3.8) is 0 Å². The minimum atomic E-state index is -0.0482. The van der Waals surface area contributed by atoms with Gasteiger partial charge in [-0.2, -0.15) is 5.10 Å². The van der Waals surface area contributed by atoms with Crippen LogP contribution in [0, 0.1) is 13.8 Å². The Hall–Kier alpha value is -2.14. The van der Waals surface area contributed by atoms with E-state index in [2.05, 4.69) is 40.0 Å². The van der Waals surface area contributed by atoms with Crippen molar-refractivity contribution >= 4 is 5.91 Å². The summed E-state index contributed by atoms with van der Waals surface area (Å²) < 4.78 is 1.75. The van der Waals surface area contributed by atoms with Gasteiger partial charge in [-0.25, -0.2) is 0 Å². The fraction of sp³-hybridized carbons (Fsp3) is 0.412. The first-order chi connectivity index (χ1) is 10.6. The number of nitrogens with one attached hydrogen (secondary N) is 2. The molecule has 5 nitrogen and oxygen atoms in total. The van der Waals surface area contributed by atoms with Crippen LogP contribution in [0.25, 0.3) is 0 Å². The fourth-order valence-corrected chi connectivity index (χ4v) is 3.16. The Morgan fingerprint density at radius 1 is 1.41 bits per heavy atom. The molecule has 0 fully saturated rings. The van der Waals surface area contributed by atoms with Crippen LogP contribution in [0.3, 0.4) is 0 Å². The van der Waals surface area contributed by atoms with Gasteiger partial charge in [0.25, 0.3) is 5.91 Å². The molecule has 22 heavy (non-hydrogen) atoms. The van der Waals surface area contributed by atoms with E-state index in [1.165, 1.54) is 11.1 Å². The molecule has 0 aliphatic carbocycles. The molecule has 1 aromatic heterocycles. The van der Waals surface area contributed by atoms with Gasteiger partial charge < -0.3 is 10.6 Å². The summed E-state index contributed by atoms with van der Waals surface area (Å²) in [4.78, 5) is 12.5. The number of rotatable bonds is 3. The SMILES string of the molecule is Cc1nn(C)c(C)c1C(=O)NCC1NCCc2ccccc21. The monoisotopic (exact) mass is 298 g/mol. The zero-order chi connectivity index (χ0) is 15.7. The summed E-state index contributed by atoms with van der Waals surface area (Å²) in [6, 6.07) is 8.60. The molecule has 5 heteroatoms. The van der Waals surface area contributed by atoms with Gasteiger partial charge in [-0.1, -0.05) is 24.3 Å². The number of hydrogen-bond donors (Lipinski definition) is 2. The Balaban J connectivity index is 1.72. The normalized spacial score (nSPS) is 17.1. The lowest BCUT2D eigenvalue weighted by atomic mass is 9.94. The maximum Gasteiger partial charge on any atom is 0.255 e. The lowest BCUT2D eigenvalue weighted by molar-refractivity contribution is 0.0948. The predicted octanol–water partition coefficient (Wildman–Crippen LogP) is 1.65. The lowest BCUT2D eigenvalue weighted by Crippen LogP contribution is -2.39. The minimum Gasteiger partial charge on any atom is -0.350 e. The zero-order valence-electron chi connectivity index (χ0n) is 13.3. The highest BCUT2D eigenvalue weighted by Crippen LogP contribution is 2.22. The molecule has 1 aliphatic rings. The molecule has 2 heterocycles. The van der Waals surface area contributed by atoms with E-state index >= 15 is 0 Å². The molecule has 116 valence electrons. The van der Waals surface area contributed by atoms with Crippen molar-refractivity contribution in [1.29, 1.82) is 0 Å². The maximum absolute atomic E-state index is 12.5.